The van der Waals surface area contributed by atoms with Crippen molar-refractivity contribution in [1.29, 1.82) is 0 Å². The molecule has 0 unspecified atom stereocenters. The van der Waals surface area contributed by atoms with Crippen molar-refractivity contribution in [3.63, 3.8) is 0 Å². The van der Waals surface area contributed by atoms with Crippen molar-refractivity contribution in [3.05, 3.63) is 0 Å². The standard InChI is InChI=1S/C7H14N2.2ClH/c1-9-5-3-6-7(9)2-4-8-6;;/h6-8H,2-5H2,1H3;2*1H/t6-,7-;;/m1../s1. The number of hydrogen-bond donors (Lipinski definition) is 1. The van der Waals surface area contributed by atoms with Crippen LogP contribution in [0.3, 0.4) is 0 Å². The van der Waals surface area contributed by atoms with E-state index in [1.165, 1.54) is 25.9 Å². The van der Waals surface area contributed by atoms with E-state index < -0.39 is 0 Å². The van der Waals surface area contributed by atoms with Crippen molar-refractivity contribution in [2.75, 3.05) is 20.1 Å². The smallest absolute Gasteiger partial charge is 0.0258 e. The molecule has 0 radical (unpaired) electrons. The van der Waals surface area contributed by atoms with Gasteiger partial charge in [-0.1, -0.05) is 0 Å². The lowest BCUT2D eigenvalue weighted by Gasteiger charge is -2.16. The third-order valence-corrected chi connectivity index (χ3v) is 2.67. The predicted molar refractivity (Wildman–Crippen MR) is 51.9 cm³/mol. The van der Waals surface area contributed by atoms with E-state index in [1.54, 1.807) is 0 Å². The first-order valence-corrected chi connectivity index (χ1v) is 3.81. The highest BCUT2D eigenvalue weighted by Crippen LogP contribution is 2.22. The molecular weight excluding hydrogens is 183 g/mol. The lowest BCUT2D eigenvalue weighted by molar-refractivity contribution is 0.310. The third-order valence-electron chi connectivity index (χ3n) is 2.67. The monoisotopic (exact) mass is 198 g/mol. The molecule has 4 heteroatoms. The van der Waals surface area contributed by atoms with E-state index in [0.29, 0.717) is 0 Å². The molecule has 2 fully saturated rings. The summed E-state index contributed by atoms with van der Waals surface area (Å²) in [4.78, 5) is 2.48. The van der Waals surface area contributed by atoms with E-state index in [9.17, 15) is 0 Å². The van der Waals surface area contributed by atoms with E-state index in [4.69, 9.17) is 0 Å². The minimum atomic E-state index is 0. The van der Waals surface area contributed by atoms with Gasteiger partial charge in [-0.2, -0.15) is 0 Å². The van der Waals surface area contributed by atoms with Gasteiger partial charge in [0.05, 0.1) is 0 Å². The highest BCUT2D eigenvalue weighted by molar-refractivity contribution is 5.85. The van der Waals surface area contributed by atoms with Gasteiger partial charge in [0.15, 0.2) is 0 Å². The van der Waals surface area contributed by atoms with Crippen LogP contribution >= 0.6 is 24.8 Å². The molecule has 0 aromatic rings. The van der Waals surface area contributed by atoms with Gasteiger partial charge >= 0.3 is 0 Å². The molecule has 0 spiro atoms. The van der Waals surface area contributed by atoms with Gasteiger partial charge in [-0.05, 0) is 33.0 Å². The molecule has 0 bridgehead atoms. The number of fused-ring (bicyclic) bond motifs is 1. The van der Waals surface area contributed by atoms with Crippen LogP contribution in [0.1, 0.15) is 12.8 Å². The molecule has 0 aromatic heterocycles. The SMILES string of the molecule is CN1CC[C@H]2NCC[C@H]21.Cl.Cl. The molecule has 2 nitrogen and oxygen atoms in total. The Kier molecular flexibility index (Phi) is 4.71. The Morgan fingerprint density at radius 2 is 2.00 bits per heavy atom. The topological polar surface area (TPSA) is 15.3 Å². The zero-order valence-corrected chi connectivity index (χ0v) is 8.38. The van der Waals surface area contributed by atoms with Gasteiger partial charge in [0.1, 0.15) is 0 Å². The normalized spacial score (nSPS) is 35.7. The maximum absolute atomic E-state index is 3.51. The average molecular weight is 199 g/mol. The largest absolute Gasteiger partial charge is 0.312 e. The molecule has 2 heterocycles. The van der Waals surface area contributed by atoms with E-state index in [1.807, 2.05) is 0 Å². The quantitative estimate of drug-likeness (QED) is 0.623. The molecule has 0 aliphatic carbocycles. The van der Waals surface area contributed by atoms with Crippen LogP contribution in [-0.4, -0.2) is 37.1 Å². The summed E-state index contributed by atoms with van der Waals surface area (Å²) in [6.45, 7) is 2.53. The summed E-state index contributed by atoms with van der Waals surface area (Å²) in [5, 5.41) is 3.51. The number of likely N-dealkylation sites (tertiary alicyclic amines) is 1. The second-order valence-corrected chi connectivity index (χ2v) is 3.19. The average Bonchev–Trinajstić information content (AvgIpc) is 2.35. The van der Waals surface area contributed by atoms with Crippen LogP contribution in [-0.2, 0) is 0 Å². The second-order valence-electron chi connectivity index (χ2n) is 3.19. The maximum Gasteiger partial charge on any atom is 0.0258 e. The molecule has 2 aliphatic rings. The number of likely N-dealkylation sites (N-methyl/N-ethyl adjacent to an activating group) is 1. The third kappa shape index (κ3) is 2.00. The molecule has 68 valence electrons. The van der Waals surface area contributed by atoms with Crippen molar-refractivity contribution < 1.29 is 0 Å². The molecule has 0 amide bonds. The van der Waals surface area contributed by atoms with Gasteiger partial charge in [-0.25, -0.2) is 0 Å². The second kappa shape index (κ2) is 4.51. The molecule has 1 N–H and O–H groups in total. The van der Waals surface area contributed by atoms with Crippen LogP contribution in [0, 0.1) is 0 Å². The molecule has 0 aromatic carbocycles. The minimum absolute atomic E-state index is 0. The summed E-state index contributed by atoms with van der Waals surface area (Å²) >= 11 is 0. The van der Waals surface area contributed by atoms with Gasteiger partial charge in [0.2, 0.25) is 0 Å². The van der Waals surface area contributed by atoms with Crippen LogP contribution in [0.25, 0.3) is 0 Å². The van der Waals surface area contributed by atoms with E-state index >= 15 is 0 Å². The van der Waals surface area contributed by atoms with Crippen LogP contribution in [0.4, 0.5) is 0 Å². The van der Waals surface area contributed by atoms with Crippen molar-refractivity contribution in [3.8, 4) is 0 Å². The summed E-state index contributed by atoms with van der Waals surface area (Å²) in [7, 11) is 2.23. The fraction of sp³-hybridized carbons (Fsp3) is 1.00. The van der Waals surface area contributed by atoms with E-state index in [2.05, 4.69) is 17.3 Å². The Bertz CT molecular complexity index is 121. The summed E-state index contributed by atoms with van der Waals surface area (Å²) in [6, 6.07) is 1.69. The first-order chi connectivity index (χ1) is 4.38. The number of rotatable bonds is 0. The molecule has 2 saturated heterocycles. The molecule has 11 heavy (non-hydrogen) atoms. The highest BCUT2D eigenvalue weighted by atomic mass is 35.5. The maximum atomic E-state index is 3.51. The first-order valence-electron chi connectivity index (χ1n) is 3.81. The lowest BCUT2D eigenvalue weighted by atomic mass is 10.1. The van der Waals surface area contributed by atoms with Gasteiger partial charge in [0, 0.05) is 12.1 Å². The predicted octanol–water partition coefficient (Wildman–Crippen LogP) is 0.896. The Labute approximate surface area is 80.5 Å². The molecular formula is C7H16Cl2N2. The van der Waals surface area contributed by atoms with Crippen molar-refractivity contribution in [2.45, 2.75) is 24.9 Å². The Morgan fingerprint density at radius 1 is 1.27 bits per heavy atom. The van der Waals surface area contributed by atoms with Crippen LogP contribution in [0.5, 0.6) is 0 Å². The molecule has 0 saturated carbocycles. The van der Waals surface area contributed by atoms with Crippen molar-refractivity contribution in [2.24, 2.45) is 0 Å². The Balaban J connectivity index is 0.000000500. The number of halogens is 2. The van der Waals surface area contributed by atoms with Gasteiger partial charge in [-0.3, -0.25) is 0 Å². The van der Waals surface area contributed by atoms with Gasteiger partial charge in [0.25, 0.3) is 0 Å². The lowest BCUT2D eigenvalue weighted by Crippen LogP contribution is -2.31. The number of nitrogens with one attached hydrogen (secondary N) is 1. The Hall–Kier alpha value is 0.500. The summed E-state index contributed by atoms with van der Waals surface area (Å²) in [5.74, 6) is 0. The summed E-state index contributed by atoms with van der Waals surface area (Å²) in [5.41, 5.74) is 0. The Morgan fingerprint density at radius 3 is 2.64 bits per heavy atom. The highest BCUT2D eigenvalue weighted by Gasteiger charge is 2.34. The van der Waals surface area contributed by atoms with Gasteiger partial charge in [-0.15, -0.1) is 24.8 Å². The van der Waals surface area contributed by atoms with Gasteiger partial charge < -0.3 is 10.2 Å². The zero-order valence-electron chi connectivity index (χ0n) is 6.75. The van der Waals surface area contributed by atoms with E-state index in [-0.39, 0.29) is 24.8 Å². The van der Waals surface area contributed by atoms with Crippen molar-refractivity contribution >= 4 is 24.8 Å². The van der Waals surface area contributed by atoms with Crippen LogP contribution in [0.15, 0.2) is 0 Å². The zero-order chi connectivity index (χ0) is 6.27. The summed E-state index contributed by atoms with van der Waals surface area (Å²) < 4.78 is 0. The number of hydrogen-bond acceptors (Lipinski definition) is 2. The number of nitrogens with zero attached hydrogens (tertiary/aromatic N) is 1. The molecule has 2 aliphatic heterocycles. The molecule has 2 rings (SSSR count). The first kappa shape index (κ1) is 11.5. The van der Waals surface area contributed by atoms with E-state index in [0.717, 1.165) is 12.1 Å². The minimum Gasteiger partial charge on any atom is -0.312 e. The summed E-state index contributed by atoms with van der Waals surface area (Å²) in [6.07, 6.45) is 2.72. The fourth-order valence-electron chi connectivity index (χ4n) is 2.08. The van der Waals surface area contributed by atoms with Crippen molar-refractivity contribution in [1.82, 2.24) is 10.2 Å². The van der Waals surface area contributed by atoms with Crippen LogP contribution in [0.2, 0.25) is 0 Å². The fourth-order valence-corrected chi connectivity index (χ4v) is 2.08. The molecule has 2 atom stereocenters. The van der Waals surface area contributed by atoms with Crippen LogP contribution < -0.4 is 5.32 Å².